The van der Waals surface area contributed by atoms with Crippen molar-refractivity contribution in [3.63, 3.8) is 0 Å². The monoisotopic (exact) mass is 195 g/mol. The SMILES string of the molecule is NC(=O)c1ccnc(NCC(=O)O)c1. The highest BCUT2D eigenvalue weighted by atomic mass is 16.4. The predicted molar refractivity (Wildman–Crippen MR) is 48.9 cm³/mol. The predicted octanol–water partition coefficient (Wildman–Crippen LogP) is -0.323. The van der Waals surface area contributed by atoms with Crippen LogP contribution in [0.1, 0.15) is 10.4 Å². The molecule has 6 nitrogen and oxygen atoms in total. The quantitative estimate of drug-likeness (QED) is 0.610. The highest BCUT2D eigenvalue weighted by Gasteiger charge is 2.02. The van der Waals surface area contributed by atoms with E-state index in [1.807, 2.05) is 0 Å². The molecule has 0 fully saturated rings. The third-order valence-electron chi connectivity index (χ3n) is 1.47. The Morgan fingerprint density at radius 2 is 2.29 bits per heavy atom. The average molecular weight is 195 g/mol. The first-order valence-corrected chi connectivity index (χ1v) is 3.81. The molecule has 1 aromatic heterocycles. The Morgan fingerprint density at radius 3 is 2.86 bits per heavy atom. The Hall–Kier alpha value is -2.11. The minimum absolute atomic E-state index is 0.255. The molecule has 0 atom stereocenters. The van der Waals surface area contributed by atoms with Gasteiger partial charge in [0.2, 0.25) is 5.91 Å². The summed E-state index contributed by atoms with van der Waals surface area (Å²) in [7, 11) is 0. The second-order valence-corrected chi connectivity index (χ2v) is 2.54. The molecule has 0 bridgehead atoms. The van der Waals surface area contributed by atoms with Gasteiger partial charge in [-0.05, 0) is 12.1 Å². The van der Waals surface area contributed by atoms with Gasteiger partial charge in [-0.25, -0.2) is 4.98 Å². The summed E-state index contributed by atoms with van der Waals surface area (Å²) in [5, 5.41) is 10.9. The number of rotatable bonds is 4. The molecular formula is C8H9N3O3. The Kier molecular flexibility index (Phi) is 3.01. The number of hydrogen-bond acceptors (Lipinski definition) is 4. The van der Waals surface area contributed by atoms with Crippen LogP contribution in [0.15, 0.2) is 18.3 Å². The molecule has 0 saturated heterocycles. The summed E-state index contributed by atoms with van der Waals surface area (Å²) in [5.74, 6) is -1.27. The van der Waals surface area contributed by atoms with Gasteiger partial charge in [0.15, 0.2) is 0 Å². The lowest BCUT2D eigenvalue weighted by Gasteiger charge is -2.02. The number of nitrogens with zero attached hydrogens (tertiary/aromatic N) is 1. The summed E-state index contributed by atoms with van der Waals surface area (Å²) in [5.41, 5.74) is 5.31. The van der Waals surface area contributed by atoms with E-state index in [9.17, 15) is 9.59 Å². The van der Waals surface area contributed by atoms with E-state index in [2.05, 4.69) is 10.3 Å². The van der Waals surface area contributed by atoms with Crippen molar-refractivity contribution in [1.29, 1.82) is 0 Å². The summed E-state index contributed by atoms with van der Waals surface area (Å²) in [4.78, 5) is 24.8. The number of nitrogens with two attached hydrogens (primary N) is 1. The van der Waals surface area contributed by atoms with Crippen molar-refractivity contribution >= 4 is 17.7 Å². The zero-order valence-electron chi connectivity index (χ0n) is 7.23. The molecule has 0 aromatic carbocycles. The van der Waals surface area contributed by atoms with Gasteiger partial charge in [0.25, 0.3) is 0 Å². The average Bonchev–Trinajstić information content (AvgIpc) is 2.15. The van der Waals surface area contributed by atoms with Gasteiger partial charge in [0.05, 0.1) is 0 Å². The Labute approximate surface area is 79.8 Å². The van der Waals surface area contributed by atoms with Crippen LogP contribution in [0.3, 0.4) is 0 Å². The number of carboxylic acids is 1. The topological polar surface area (TPSA) is 105 Å². The number of primary amides is 1. The zero-order valence-corrected chi connectivity index (χ0v) is 7.23. The maximum atomic E-state index is 10.7. The van der Waals surface area contributed by atoms with Crippen LogP contribution in [0.4, 0.5) is 5.82 Å². The molecule has 1 aromatic rings. The third-order valence-corrected chi connectivity index (χ3v) is 1.47. The van der Waals surface area contributed by atoms with E-state index in [1.54, 1.807) is 0 Å². The fourth-order valence-corrected chi connectivity index (χ4v) is 0.847. The van der Waals surface area contributed by atoms with Crippen LogP contribution in [0, 0.1) is 0 Å². The number of carbonyl (C=O) groups excluding carboxylic acids is 1. The normalized spacial score (nSPS) is 9.43. The van der Waals surface area contributed by atoms with Crippen molar-refractivity contribution in [3.05, 3.63) is 23.9 Å². The first-order valence-electron chi connectivity index (χ1n) is 3.81. The highest BCUT2D eigenvalue weighted by molar-refractivity contribution is 5.93. The molecule has 1 rings (SSSR count). The molecule has 6 heteroatoms. The molecule has 0 aliphatic carbocycles. The van der Waals surface area contributed by atoms with Gasteiger partial charge in [-0.3, -0.25) is 9.59 Å². The number of amides is 1. The number of anilines is 1. The fourth-order valence-electron chi connectivity index (χ4n) is 0.847. The number of carboxylic acid groups (broad SMARTS) is 1. The highest BCUT2D eigenvalue weighted by Crippen LogP contribution is 2.05. The first-order chi connectivity index (χ1) is 6.59. The van der Waals surface area contributed by atoms with Gasteiger partial charge in [0, 0.05) is 11.8 Å². The van der Waals surface area contributed by atoms with Gasteiger partial charge in [-0.1, -0.05) is 0 Å². The number of aliphatic carboxylic acids is 1. The van der Waals surface area contributed by atoms with E-state index in [0.717, 1.165) is 0 Å². The van der Waals surface area contributed by atoms with Crippen molar-refractivity contribution in [2.75, 3.05) is 11.9 Å². The first kappa shape index (κ1) is 9.97. The van der Waals surface area contributed by atoms with E-state index in [-0.39, 0.29) is 12.1 Å². The molecule has 0 unspecified atom stereocenters. The van der Waals surface area contributed by atoms with Gasteiger partial charge < -0.3 is 16.2 Å². The van der Waals surface area contributed by atoms with Crippen LogP contribution >= 0.6 is 0 Å². The number of carbonyl (C=O) groups is 2. The second-order valence-electron chi connectivity index (χ2n) is 2.54. The molecule has 0 spiro atoms. The maximum absolute atomic E-state index is 10.7. The van der Waals surface area contributed by atoms with Crippen LogP contribution < -0.4 is 11.1 Å². The molecule has 0 aliphatic heterocycles. The minimum atomic E-state index is -1.00. The van der Waals surface area contributed by atoms with Crippen LogP contribution in [0.2, 0.25) is 0 Å². The van der Waals surface area contributed by atoms with Gasteiger partial charge in [-0.2, -0.15) is 0 Å². The Bertz CT molecular complexity index is 365. The van der Waals surface area contributed by atoms with Crippen LogP contribution in [-0.2, 0) is 4.79 Å². The van der Waals surface area contributed by atoms with Crippen molar-refractivity contribution in [2.24, 2.45) is 5.73 Å². The van der Waals surface area contributed by atoms with E-state index in [0.29, 0.717) is 5.82 Å². The molecule has 0 aliphatic rings. The Morgan fingerprint density at radius 1 is 1.57 bits per heavy atom. The molecule has 1 amide bonds. The van der Waals surface area contributed by atoms with Gasteiger partial charge in [0.1, 0.15) is 12.4 Å². The smallest absolute Gasteiger partial charge is 0.322 e. The van der Waals surface area contributed by atoms with Crippen LogP contribution in [-0.4, -0.2) is 28.5 Å². The van der Waals surface area contributed by atoms with Crippen molar-refractivity contribution in [1.82, 2.24) is 4.98 Å². The summed E-state index contributed by atoms with van der Waals surface area (Å²) >= 11 is 0. The lowest BCUT2D eigenvalue weighted by Crippen LogP contribution is -2.15. The van der Waals surface area contributed by atoms with Crippen molar-refractivity contribution < 1.29 is 14.7 Å². The zero-order chi connectivity index (χ0) is 10.6. The maximum Gasteiger partial charge on any atom is 0.322 e. The van der Waals surface area contributed by atoms with Crippen molar-refractivity contribution in [3.8, 4) is 0 Å². The van der Waals surface area contributed by atoms with Gasteiger partial charge >= 0.3 is 5.97 Å². The number of pyridine rings is 1. The number of nitrogens with one attached hydrogen (secondary N) is 1. The molecule has 74 valence electrons. The standard InChI is InChI=1S/C8H9N3O3/c9-8(14)5-1-2-10-6(3-5)11-4-7(12)13/h1-3H,4H2,(H2,9,14)(H,10,11)(H,12,13). The molecule has 1 heterocycles. The summed E-state index contributed by atoms with van der Waals surface area (Å²) in [6.45, 7) is -0.255. The Balaban J connectivity index is 2.73. The number of hydrogen-bond donors (Lipinski definition) is 3. The van der Waals surface area contributed by atoms with Gasteiger partial charge in [-0.15, -0.1) is 0 Å². The summed E-state index contributed by atoms with van der Waals surface area (Å²) < 4.78 is 0. The number of aromatic nitrogens is 1. The molecule has 0 saturated carbocycles. The summed E-state index contributed by atoms with van der Waals surface area (Å²) in [6.07, 6.45) is 1.38. The fraction of sp³-hybridized carbons (Fsp3) is 0.125. The van der Waals surface area contributed by atoms with Crippen LogP contribution in [0.5, 0.6) is 0 Å². The van der Waals surface area contributed by atoms with E-state index < -0.39 is 11.9 Å². The summed E-state index contributed by atoms with van der Waals surface area (Å²) in [6, 6.07) is 2.85. The molecule has 14 heavy (non-hydrogen) atoms. The van der Waals surface area contributed by atoms with E-state index in [1.165, 1.54) is 18.3 Å². The van der Waals surface area contributed by atoms with E-state index >= 15 is 0 Å². The lowest BCUT2D eigenvalue weighted by molar-refractivity contribution is -0.134. The molecular weight excluding hydrogens is 186 g/mol. The second kappa shape index (κ2) is 4.22. The third kappa shape index (κ3) is 2.74. The minimum Gasteiger partial charge on any atom is -0.480 e. The van der Waals surface area contributed by atoms with E-state index in [4.69, 9.17) is 10.8 Å². The largest absolute Gasteiger partial charge is 0.480 e. The molecule has 0 radical (unpaired) electrons. The lowest BCUT2D eigenvalue weighted by atomic mass is 10.2. The van der Waals surface area contributed by atoms with Crippen LogP contribution in [0.25, 0.3) is 0 Å². The molecule has 4 N–H and O–H groups in total. The van der Waals surface area contributed by atoms with Crippen molar-refractivity contribution in [2.45, 2.75) is 0 Å².